The molecule has 20 heavy (non-hydrogen) atoms. The van der Waals surface area contributed by atoms with Gasteiger partial charge in [0.15, 0.2) is 0 Å². The fourth-order valence-corrected chi connectivity index (χ4v) is 2.53. The molecule has 100 valence electrons. The molecule has 0 spiro atoms. The van der Waals surface area contributed by atoms with Gasteiger partial charge in [-0.05, 0) is 49.5 Å². The Morgan fingerprint density at radius 2 is 2.05 bits per heavy atom. The lowest BCUT2D eigenvalue weighted by molar-refractivity contribution is 1.06. The van der Waals surface area contributed by atoms with Crippen LogP contribution in [-0.2, 0) is 12.8 Å². The summed E-state index contributed by atoms with van der Waals surface area (Å²) in [6.07, 6.45) is 2.01. The Balaban J connectivity index is 2.87. The van der Waals surface area contributed by atoms with Crippen LogP contribution in [0.5, 0.6) is 0 Å². The van der Waals surface area contributed by atoms with Gasteiger partial charge in [0.05, 0.1) is 19.9 Å². The van der Waals surface area contributed by atoms with Crippen LogP contribution in [0.2, 0.25) is 0 Å². The van der Waals surface area contributed by atoms with Crippen LogP contribution < -0.4 is 5.32 Å². The van der Waals surface area contributed by atoms with E-state index >= 15 is 0 Å². The first-order valence-corrected chi connectivity index (χ1v) is 6.93. The third kappa shape index (κ3) is 2.36. The maximum absolute atomic E-state index is 7.43. The predicted octanol–water partition coefficient (Wildman–Crippen LogP) is 3.76. The van der Waals surface area contributed by atoms with Crippen molar-refractivity contribution in [2.45, 2.75) is 33.6 Å². The first-order valence-electron chi connectivity index (χ1n) is 6.93. The van der Waals surface area contributed by atoms with E-state index in [1.54, 1.807) is 0 Å². The molecule has 0 fully saturated rings. The highest BCUT2D eigenvalue weighted by molar-refractivity contribution is 6.11. The Labute approximate surface area is 121 Å². The van der Waals surface area contributed by atoms with E-state index in [9.17, 15) is 0 Å². The molecular formula is C16H18BN3. The van der Waals surface area contributed by atoms with Crippen LogP contribution in [0.25, 0.3) is 15.7 Å². The molecule has 0 bridgehead atoms. The highest BCUT2D eigenvalue weighted by Gasteiger charge is 2.14. The number of hydrogen-bond acceptors (Lipinski definition) is 2. The summed E-state index contributed by atoms with van der Waals surface area (Å²) in [6.45, 7) is 13.7. The third-order valence-electron chi connectivity index (χ3n) is 3.60. The Hall–Kier alpha value is -2.02. The lowest BCUT2D eigenvalue weighted by Gasteiger charge is -2.15. The molecule has 1 aromatic heterocycles. The van der Waals surface area contributed by atoms with Crippen LogP contribution >= 0.6 is 0 Å². The normalized spacial score (nSPS) is 10.5. The van der Waals surface area contributed by atoms with E-state index in [4.69, 9.17) is 14.4 Å². The molecule has 0 aliphatic heterocycles. The minimum Gasteiger partial charge on any atom is -0.402 e. The van der Waals surface area contributed by atoms with Crippen LogP contribution in [-0.4, -0.2) is 19.3 Å². The molecule has 4 heteroatoms. The van der Waals surface area contributed by atoms with Crippen LogP contribution in [0.15, 0.2) is 12.1 Å². The second-order valence-corrected chi connectivity index (χ2v) is 4.78. The van der Waals surface area contributed by atoms with E-state index in [0.717, 1.165) is 35.1 Å². The number of hydrogen-bond donors (Lipinski definition) is 1. The molecule has 1 heterocycles. The fraction of sp³-hybridized carbons (Fsp3) is 0.375. The second kappa shape index (κ2) is 5.96. The van der Waals surface area contributed by atoms with Gasteiger partial charge in [-0.1, -0.05) is 13.8 Å². The zero-order valence-electron chi connectivity index (χ0n) is 12.2. The Morgan fingerprint density at radius 1 is 1.30 bits per heavy atom. The number of fused-ring (bicyclic) bond motifs is 1. The molecule has 0 saturated heterocycles. The van der Waals surface area contributed by atoms with Crippen molar-refractivity contribution in [1.29, 1.82) is 0 Å². The van der Waals surface area contributed by atoms with Gasteiger partial charge in [0, 0.05) is 16.8 Å². The molecule has 3 nitrogen and oxygen atoms in total. The standard InChI is InChI=1S/C16H18BN3/c1-5-11-8-12-14(7-10(11)3)20-13(6-2)16(18-4)15(12)19-9-17/h7-8H,5-6,9H2,1-3H3,(H,19,20). The molecule has 2 aromatic rings. The fourth-order valence-electron chi connectivity index (χ4n) is 2.53. The number of nitrogens with one attached hydrogen (secondary N) is 1. The molecule has 1 aromatic carbocycles. The Morgan fingerprint density at radius 3 is 2.60 bits per heavy atom. The summed E-state index contributed by atoms with van der Waals surface area (Å²) in [6, 6.07) is 4.23. The summed E-state index contributed by atoms with van der Waals surface area (Å²) < 4.78 is 0. The smallest absolute Gasteiger partial charge is 0.231 e. The van der Waals surface area contributed by atoms with Crippen molar-refractivity contribution in [3.05, 3.63) is 40.4 Å². The average Bonchev–Trinajstić information content (AvgIpc) is 2.46. The monoisotopic (exact) mass is 263 g/mol. The molecule has 0 aliphatic carbocycles. The van der Waals surface area contributed by atoms with Gasteiger partial charge >= 0.3 is 0 Å². The summed E-state index contributed by atoms with van der Waals surface area (Å²) in [5.41, 5.74) is 5.69. The van der Waals surface area contributed by atoms with Gasteiger partial charge in [-0.3, -0.25) is 4.98 Å². The minimum absolute atomic E-state index is 0.306. The van der Waals surface area contributed by atoms with Gasteiger partial charge < -0.3 is 5.32 Å². The van der Waals surface area contributed by atoms with Gasteiger partial charge in [0.25, 0.3) is 0 Å². The summed E-state index contributed by atoms with van der Waals surface area (Å²) >= 11 is 0. The molecule has 0 aliphatic rings. The quantitative estimate of drug-likeness (QED) is 0.672. The maximum Gasteiger partial charge on any atom is 0.231 e. The Kier molecular flexibility index (Phi) is 4.29. The van der Waals surface area contributed by atoms with Crippen LogP contribution in [0.1, 0.15) is 30.7 Å². The Bertz CT molecular complexity index is 686. The molecule has 0 amide bonds. The van der Waals surface area contributed by atoms with E-state index in [0.29, 0.717) is 12.1 Å². The second-order valence-electron chi connectivity index (χ2n) is 4.78. The van der Waals surface area contributed by atoms with Crippen molar-refractivity contribution in [3.8, 4) is 0 Å². The van der Waals surface area contributed by atoms with Crippen molar-refractivity contribution in [1.82, 2.24) is 4.98 Å². The zero-order valence-corrected chi connectivity index (χ0v) is 12.2. The summed E-state index contributed by atoms with van der Waals surface area (Å²) in [5.74, 6) is 0. The van der Waals surface area contributed by atoms with Gasteiger partial charge in [0.1, 0.15) is 0 Å². The van der Waals surface area contributed by atoms with Gasteiger partial charge in [-0.25, -0.2) is 4.85 Å². The van der Waals surface area contributed by atoms with Crippen LogP contribution in [0, 0.1) is 13.5 Å². The maximum atomic E-state index is 7.43. The van der Waals surface area contributed by atoms with E-state index < -0.39 is 0 Å². The van der Waals surface area contributed by atoms with Gasteiger partial charge in [0.2, 0.25) is 5.69 Å². The average molecular weight is 263 g/mol. The number of benzene rings is 1. The van der Waals surface area contributed by atoms with Crippen molar-refractivity contribution >= 4 is 30.1 Å². The molecule has 0 atom stereocenters. The summed E-state index contributed by atoms with van der Waals surface area (Å²) in [7, 11) is 5.63. The number of pyridine rings is 1. The van der Waals surface area contributed by atoms with E-state index in [1.165, 1.54) is 11.1 Å². The van der Waals surface area contributed by atoms with Gasteiger partial charge in [-0.2, -0.15) is 0 Å². The van der Waals surface area contributed by atoms with Crippen molar-refractivity contribution in [3.63, 3.8) is 0 Å². The molecular weight excluding hydrogens is 245 g/mol. The first kappa shape index (κ1) is 14.4. The number of rotatable bonds is 4. The lowest BCUT2D eigenvalue weighted by Crippen LogP contribution is -2.04. The highest BCUT2D eigenvalue weighted by Crippen LogP contribution is 2.36. The van der Waals surface area contributed by atoms with Crippen molar-refractivity contribution in [2.24, 2.45) is 0 Å². The van der Waals surface area contributed by atoms with Crippen molar-refractivity contribution in [2.75, 3.05) is 11.8 Å². The number of aromatic nitrogens is 1. The minimum atomic E-state index is 0.306. The van der Waals surface area contributed by atoms with Crippen LogP contribution in [0.4, 0.5) is 11.4 Å². The first-order chi connectivity index (χ1) is 9.65. The molecule has 2 radical (unpaired) electrons. The number of aryl methyl sites for hydroxylation is 3. The zero-order chi connectivity index (χ0) is 14.7. The van der Waals surface area contributed by atoms with Crippen molar-refractivity contribution < 1.29 is 0 Å². The highest BCUT2D eigenvalue weighted by atomic mass is 14.9. The summed E-state index contributed by atoms with van der Waals surface area (Å²) in [4.78, 5) is 8.31. The van der Waals surface area contributed by atoms with E-state index in [2.05, 4.69) is 41.1 Å². The van der Waals surface area contributed by atoms with Crippen LogP contribution in [0.3, 0.4) is 0 Å². The molecule has 1 N–H and O–H groups in total. The third-order valence-corrected chi connectivity index (χ3v) is 3.60. The van der Waals surface area contributed by atoms with E-state index in [1.807, 2.05) is 6.92 Å². The van der Waals surface area contributed by atoms with E-state index in [-0.39, 0.29) is 0 Å². The molecule has 0 unspecified atom stereocenters. The molecule has 2 rings (SSSR count). The predicted molar refractivity (Wildman–Crippen MR) is 85.7 cm³/mol. The SMILES string of the molecule is [B]CNc1c([N+]#[C-])c(CC)nc2cc(C)c(CC)cc12. The number of anilines is 1. The molecule has 0 saturated carbocycles. The lowest BCUT2D eigenvalue weighted by atomic mass is 10.00. The number of nitrogens with zero attached hydrogens (tertiary/aromatic N) is 2. The summed E-state index contributed by atoms with van der Waals surface area (Å²) in [5, 5.41) is 4.13. The largest absolute Gasteiger partial charge is 0.402 e. The topological polar surface area (TPSA) is 29.3 Å². The van der Waals surface area contributed by atoms with Gasteiger partial charge in [-0.15, -0.1) is 0 Å².